The number of para-hydroxylation sites is 2. The summed E-state index contributed by atoms with van der Waals surface area (Å²) in [6, 6.07) is 20.7. The molecule has 13 heteroatoms. The Morgan fingerprint density at radius 1 is 1.08 bits per heavy atom. The summed E-state index contributed by atoms with van der Waals surface area (Å²) in [4.78, 5) is 26.0. The highest BCUT2D eigenvalue weighted by atomic mass is 32.2. The predicted molar refractivity (Wildman–Crippen MR) is 151 cm³/mol. The van der Waals surface area contributed by atoms with Gasteiger partial charge in [0.25, 0.3) is 0 Å². The molecule has 0 unspecified atom stereocenters. The third-order valence-electron chi connectivity index (χ3n) is 5.06. The Bertz CT molecular complexity index is 1370. The molecule has 3 aromatic carbocycles. The molecule has 0 saturated carbocycles. The maximum Gasteiger partial charge on any atom is 0.243 e. The van der Waals surface area contributed by atoms with Gasteiger partial charge in [-0.2, -0.15) is 5.10 Å². The number of halogens is 3. The molecule has 204 valence electrons. The van der Waals surface area contributed by atoms with Gasteiger partial charge in [0, 0.05) is 10.1 Å². The van der Waals surface area contributed by atoms with Crippen LogP contribution in [0.15, 0.2) is 93.0 Å². The number of aliphatic imine (C=N–C) groups is 2. The van der Waals surface area contributed by atoms with Gasteiger partial charge in [-0.3, -0.25) is 24.0 Å². The van der Waals surface area contributed by atoms with Crippen LogP contribution in [0.5, 0.6) is 11.5 Å². The molecule has 1 aliphatic rings. The number of anilines is 1. The van der Waals surface area contributed by atoms with Crippen molar-refractivity contribution < 1.29 is 28.4 Å². The highest BCUT2D eigenvalue weighted by Crippen LogP contribution is 2.34. The molecule has 3 aromatic rings. The van der Waals surface area contributed by atoms with Crippen molar-refractivity contribution in [3.63, 3.8) is 0 Å². The SMILES string of the molecule is CCOc1ccccc1N1C(=O)CS/C1=N\N=C\c1ccc(C(N)=NC=Nc2ccc(OF)cc2)cc1.F.F. The van der Waals surface area contributed by atoms with E-state index in [1.807, 2.05) is 43.3 Å². The van der Waals surface area contributed by atoms with Gasteiger partial charge in [-0.25, -0.2) is 9.98 Å². The first kappa shape index (κ1) is 30.6. The molecular weight excluding hydrogens is 533 g/mol. The summed E-state index contributed by atoms with van der Waals surface area (Å²) >= 11 is 1.32. The van der Waals surface area contributed by atoms with Crippen LogP contribution in [0.4, 0.5) is 25.3 Å². The van der Waals surface area contributed by atoms with Crippen molar-refractivity contribution in [1.82, 2.24) is 0 Å². The molecule has 1 fully saturated rings. The highest BCUT2D eigenvalue weighted by Gasteiger charge is 2.31. The van der Waals surface area contributed by atoms with E-state index in [9.17, 15) is 9.32 Å². The van der Waals surface area contributed by atoms with E-state index in [4.69, 9.17) is 10.5 Å². The van der Waals surface area contributed by atoms with Crippen molar-refractivity contribution in [2.24, 2.45) is 25.9 Å². The third kappa shape index (κ3) is 7.92. The van der Waals surface area contributed by atoms with Crippen molar-refractivity contribution in [3.8, 4) is 11.5 Å². The van der Waals surface area contributed by atoms with Gasteiger partial charge in [0.1, 0.15) is 17.9 Å². The molecule has 0 atom stereocenters. The standard InChI is InChI=1S/C26H23FN6O3S.2FH/c1-2-35-23-6-4-3-5-22(23)33-24(34)16-37-26(33)32-31-15-18-7-9-19(10-8-18)25(28)30-17-29-20-11-13-21(36-27)14-12-20;;/h3-15,17H,2,16H2,1H3,(H2,28,29,30);2*1H/b31-15+,32-26-;;. The van der Waals surface area contributed by atoms with E-state index < -0.39 is 0 Å². The van der Waals surface area contributed by atoms with Crippen LogP contribution in [0.2, 0.25) is 0 Å². The second-order valence-corrected chi connectivity index (χ2v) is 8.44. The number of thioether (sulfide) groups is 1. The van der Waals surface area contributed by atoms with Crippen molar-refractivity contribution in [2.45, 2.75) is 6.92 Å². The van der Waals surface area contributed by atoms with Crippen LogP contribution in [-0.4, -0.2) is 41.8 Å². The summed E-state index contributed by atoms with van der Waals surface area (Å²) in [6.07, 6.45) is 2.91. The van der Waals surface area contributed by atoms with E-state index >= 15 is 0 Å². The summed E-state index contributed by atoms with van der Waals surface area (Å²) in [5.74, 6) is 1.18. The van der Waals surface area contributed by atoms with E-state index in [2.05, 4.69) is 25.1 Å². The molecule has 1 amide bonds. The zero-order chi connectivity index (χ0) is 26.0. The van der Waals surface area contributed by atoms with Gasteiger partial charge < -0.3 is 10.5 Å². The molecule has 1 saturated heterocycles. The average molecular weight is 559 g/mol. The second kappa shape index (κ2) is 14.9. The summed E-state index contributed by atoms with van der Waals surface area (Å²) in [5, 5.41) is 8.92. The largest absolute Gasteiger partial charge is 0.492 e. The first-order valence-electron chi connectivity index (χ1n) is 11.2. The Labute approximate surface area is 226 Å². The molecule has 4 rings (SSSR count). The number of nitrogens with two attached hydrogens (primary N) is 1. The van der Waals surface area contributed by atoms with Crippen molar-refractivity contribution in [3.05, 3.63) is 83.9 Å². The highest BCUT2D eigenvalue weighted by molar-refractivity contribution is 8.15. The van der Waals surface area contributed by atoms with E-state index in [-0.39, 0.29) is 32.7 Å². The lowest BCUT2D eigenvalue weighted by Gasteiger charge is -2.18. The third-order valence-corrected chi connectivity index (χ3v) is 5.97. The smallest absolute Gasteiger partial charge is 0.243 e. The lowest BCUT2D eigenvalue weighted by atomic mass is 10.1. The fourth-order valence-corrected chi connectivity index (χ4v) is 4.11. The van der Waals surface area contributed by atoms with Crippen molar-refractivity contribution >= 4 is 52.6 Å². The predicted octanol–water partition coefficient (Wildman–Crippen LogP) is 5.19. The topological polar surface area (TPSA) is 114 Å². The first-order chi connectivity index (χ1) is 18.1. The lowest BCUT2D eigenvalue weighted by molar-refractivity contribution is -0.115. The van der Waals surface area contributed by atoms with E-state index in [1.165, 1.54) is 35.1 Å². The maximum absolute atomic E-state index is 12.5. The van der Waals surface area contributed by atoms with Gasteiger partial charge in [0.15, 0.2) is 10.9 Å². The summed E-state index contributed by atoms with van der Waals surface area (Å²) in [6.45, 7) is 2.38. The summed E-state index contributed by atoms with van der Waals surface area (Å²) in [5.41, 5.74) is 8.75. The molecule has 39 heavy (non-hydrogen) atoms. The minimum atomic E-state index is -0.0838. The number of rotatable bonds is 9. The monoisotopic (exact) mass is 558 g/mol. The quantitative estimate of drug-likeness (QED) is 0.221. The zero-order valence-electron chi connectivity index (χ0n) is 20.6. The fraction of sp³-hybridized carbons (Fsp3) is 0.115. The Kier molecular flexibility index (Phi) is 11.7. The summed E-state index contributed by atoms with van der Waals surface area (Å²) in [7, 11) is 0. The Morgan fingerprint density at radius 2 is 1.79 bits per heavy atom. The number of carbonyl (C=O) groups excluding carboxylic acids is 1. The maximum atomic E-state index is 12.5. The molecule has 1 aliphatic heterocycles. The van der Waals surface area contributed by atoms with Gasteiger partial charge in [-0.1, -0.05) is 48.2 Å². The molecule has 0 aromatic heterocycles. The average Bonchev–Trinajstić information content (AvgIpc) is 3.29. The second-order valence-electron chi connectivity index (χ2n) is 7.50. The Morgan fingerprint density at radius 3 is 2.49 bits per heavy atom. The van der Waals surface area contributed by atoms with Crippen LogP contribution < -0.4 is 20.3 Å². The molecular formula is C26H25F3N6O3S. The van der Waals surface area contributed by atoms with Gasteiger partial charge in [-0.15, -0.1) is 5.10 Å². The number of amidine groups is 2. The zero-order valence-corrected chi connectivity index (χ0v) is 21.5. The van der Waals surface area contributed by atoms with Gasteiger partial charge in [-0.05, 0) is 48.9 Å². The number of amides is 1. The van der Waals surface area contributed by atoms with E-state index in [0.29, 0.717) is 34.5 Å². The van der Waals surface area contributed by atoms with Crippen molar-refractivity contribution in [2.75, 3.05) is 17.3 Å². The molecule has 0 aliphatic carbocycles. The molecule has 1 heterocycles. The van der Waals surface area contributed by atoms with Crippen molar-refractivity contribution in [1.29, 1.82) is 0 Å². The number of carbonyl (C=O) groups is 1. The molecule has 0 bridgehead atoms. The summed E-state index contributed by atoms with van der Waals surface area (Å²) < 4.78 is 17.8. The molecule has 0 radical (unpaired) electrons. The van der Waals surface area contributed by atoms with Gasteiger partial charge >= 0.3 is 0 Å². The van der Waals surface area contributed by atoms with Crippen LogP contribution in [0, 0.1) is 0 Å². The minimum absolute atomic E-state index is 0. The van der Waals surface area contributed by atoms with Crippen LogP contribution in [0.25, 0.3) is 0 Å². The number of hydrogen-bond donors (Lipinski definition) is 1. The molecule has 2 N–H and O–H groups in total. The van der Waals surface area contributed by atoms with E-state index in [0.717, 1.165) is 5.56 Å². The van der Waals surface area contributed by atoms with Crippen LogP contribution >= 0.6 is 11.8 Å². The number of hydrogen-bond acceptors (Lipinski definition) is 7. The molecule has 0 spiro atoms. The minimum Gasteiger partial charge on any atom is -0.492 e. The van der Waals surface area contributed by atoms with E-state index in [1.54, 1.807) is 30.5 Å². The number of nitrogens with zero attached hydrogens (tertiary/aromatic N) is 5. The van der Waals surface area contributed by atoms with Crippen LogP contribution in [0.3, 0.4) is 0 Å². The van der Waals surface area contributed by atoms with Crippen LogP contribution in [0.1, 0.15) is 18.1 Å². The first-order valence-corrected chi connectivity index (χ1v) is 12.2. The van der Waals surface area contributed by atoms with Gasteiger partial charge in [0.05, 0.1) is 29.9 Å². The Balaban J connectivity index is 0.00000267. The lowest BCUT2D eigenvalue weighted by Crippen LogP contribution is -2.29. The number of ether oxygens (including phenoxy) is 1. The fourth-order valence-electron chi connectivity index (χ4n) is 3.29. The Hall–Kier alpha value is -4.65. The molecule has 9 nitrogen and oxygen atoms in total. The normalized spacial score (nSPS) is 14.5. The number of benzene rings is 3. The van der Waals surface area contributed by atoms with Gasteiger partial charge in [0.2, 0.25) is 5.91 Å². The van der Waals surface area contributed by atoms with Crippen LogP contribution in [-0.2, 0) is 4.79 Å².